The molecule has 0 aromatic heterocycles. The van der Waals surface area contributed by atoms with Gasteiger partial charge >= 0.3 is 0 Å². The summed E-state index contributed by atoms with van der Waals surface area (Å²) in [6, 6.07) is 14.8. The predicted octanol–water partition coefficient (Wildman–Crippen LogP) is 2.04. The van der Waals surface area contributed by atoms with Crippen LogP contribution >= 0.6 is 0 Å². The second kappa shape index (κ2) is 9.27. The first kappa shape index (κ1) is 20.6. The van der Waals surface area contributed by atoms with Crippen molar-refractivity contribution in [1.29, 1.82) is 0 Å². The zero-order valence-electron chi connectivity index (χ0n) is 15.6. The van der Waals surface area contributed by atoms with Gasteiger partial charge < -0.3 is 14.8 Å². The Balaban J connectivity index is 1.96. The average molecular weight is 392 g/mol. The summed E-state index contributed by atoms with van der Waals surface area (Å²) in [5.74, 6) is 0.766. The number of anilines is 1. The zero-order valence-corrected chi connectivity index (χ0v) is 16.4. The molecule has 1 atom stereocenters. The van der Waals surface area contributed by atoms with Crippen LogP contribution < -0.4 is 19.1 Å². The van der Waals surface area contributed by atoms with Gasteiger partial charge in [0.25, 0.3) is 0 Å². The van der Waals surface area contributed by atoms with E-state index in [9.17, 15) is 13.2 Å². The SMILES string of the molecule is COc1ccccc1OCCNC(=O)[C@H](C)N(c1ccccc1)S(C)(=O)=O. The second-order valence-corrected chi connectivity index (χ2v) is 7.72. The van der Waals surface area contributed by atoms with Crippen molar-refractivity contribution in [3.8, 4) is 11.5 Å². The van der Waals surface area contributed by atoms with Gasteiger partial charge in [-0.05, 0) is 31.2 Å². The molecule has 2 rings (SSSR count). The minimum atomic E-state index is -3.62. The van der Waals surface area contributed by atoms with E-state index >= 15 is 0 Å². The number of para-hydroxylation sites is 3. The monoisotopic (exact) mass is 392 g/mol. The highest BCUT2D eigenvalue weighted by molar-refractivity contribution is 7.92. The fraction of sp³-hybridized carbons (Fsp3) is 0.316. The van der Waals surface area contributed by atoms with Gasteiger partial charge in [-0.2, -0.15) is 0 Å². The minimum Gasteiger partial charge on any atom is -0.493 e. The summed E-state index contributed by atoms with van der Waals surface area (Å²) >= 11 is 0. The highest BCUT2D eigenvalue weighted by Crippen LogP contribution is 2.25. The molecule has 0 aliphatic rings. The molecule has 0 heterocycles. The minimum absolute atomic E-state index is 0.225. The second-order valence-electron chi connectivity index (χ2n) is 5.86. The van der Waals surface area contributed by atoms with E-state index in [0.717, 1.165) is 10.6 Å². The van der Waals surface area contributed by atoms with Crippen LogP contribution in [-0.4, -0.2) is 46.9 Å². The molecule has 0 bridgehead atoms. The van der Waals surface area contributed by atoms with Gasteiger partial charge in [-0.1, -0.05) is 30.3 Å². The van der Waals surface area contributed by atoms with Gasteiger partial charge in [0.05, 0.1) is 25.6 Å². The van der Waals surface area contributed by atoms with E-state index in [2.05, 4.69) is 5.32 Å². The molecule has 27 heavy (non-hydrogen) atoms. The quantitative estimate of drug-likeness (QED) is 0.660. The molecule has 0 saturated carbocycles. The standard InChI is InChI=1S/C19H24N2O5S/c1-15(21(27(3,23)24)16-9-5-4-6-10-16)19(22)20-13-14-26-18-12-8-7-11-17(18)25-2/h4-12,15H,13-14H2,1-3H3,(H,20,22)/t15-/m0/s1. The van der Waals surface area contributed by atoms with Crippen molar-refractivity contribution in [2.45, 2.75) is 13.0 Å². The molecule has 2 aromatic rings. The van der Waals surface area contributed by atoms with Crippen molar-refractivity contribution < 1.29 is 22.7 Å². The molecular weight excluding hydrogens is 368 g/mol. The number of sulfonamides is 1. The highest BCUT2D eigenvalue weighted by atomic mass is 32.2. The van der Waals surface area contributed by atoms with E-state index in [1.54, 1.807) is 56.5 Å². The summed E-state index contributed by atoms with van der Waals surface area (Å²) in [5, 5.41) is 2.70. The van der Waals surface area contributed by atoms with Crippen molar-refractivity contribution in [1.82, 2.24) is 5.32 Å². The summed E-state index contributed by atoms with van der Waals surface area (Å²) < 4.78 is 36.2. The number of benzene rings is 2. The van der Waals surface area contributed by atoms with Crippen LogP contribution in [0.15, 0.2) is 54.6 Å². The third-order valence-corrected chi connectivity index (χ3v) is 5.07. The van der Waals surface area contributed by atoms with E-state index in [-0.39, 0.29) is 13.2 Å². The maximum atomic E-state index is 12.4. The summed E-state index contributed by atoms with van der Waals surface area (Å²) in [5.41, 5.74) is 0.438. The van der Waals surface area contributed by atoms with Gasteiger partial charge in [0.2, 0.25) is 15.9 Å². The molecule has 146 valence electrons. The Hall–Kier alpha value is -2.74. The first-order chi connectivity index (χ1) is 12.8. The van der Waals surface area contributed by atoms with Gasteiger partial charge in [-0.25, -0.2) is 8.42 Å². The molecule has 1 amide bonds. The fourth-order valence-electron chi connectivity index (χ4n) is 2.60. The maximum Gasteiger partial charge on any atom is 0.243 e. The van der Waals surface area contributed by atoms with Crippen LogP contribution in [0.25, 0.3) is 0 Å². The summed E-state index contributed by atoms with van der Waals surface area (Å²) in [6.45, 7) is 2.00. The first-order valence-corrected chi connectivity index (χ1v) is 10.3. The van der Waals surface area contributed by atoms with E-state index in [4.69, 9.17) is 9.47 Å². The van der Waals surface area contributed by atoms with Crippen molar-refractivity contribution in [3.05, 3.63) is 54.6 Å². The number of carbonyl (C=O) groups is 1. The third kappa shape index (κ3) is 5.62. The van der Waals surface area contributed by atoms with Crippen molar-refractivity contribution in [2.24, 2.45) is 0 Å². The number of hydrogen-bond donors (Lipinski definition) is 1. The smallest absolute Gasteiger partial charge is 0.243 e. The van der Waals surface area contributed by atoms with Crippen LogP contribution in [0.1, 0.15) is 6.92 Å². The Morgan fingerprint density at radius 1 is 1.07 bits per heavy atom. The Kier molecular flexibility index (Phi) is 7.06. The van der Waals surface area contributed by atoms with Crippen molar-refractivity contribution >= 4 is 21.6 Å². The lowest BCUT2D eigenvalue weighted by Crippen LogP contribution is -2.48. The molecular formula is C19H24N2O5S. The third-order valence-electron chi connectivity index (χ3n) is 3.83. The Labute approximate surface area is 160 Å². The van der Waals surface area contributed by atoms with Gasteiger partial charge in [0.1, 0.15) is 12.6 Å². The number of methoxy groups -OCH3 is 1. The van der Waals surface area contributed by atoms with E-state index in [1.807, 2.05) is 12.1 Å². The molecule has 0 fully saturated rings. The number of carbonyl (C=O) groups excluding carboxylic acids is 1. The zero-order chi connectivity index (χ0) is 19.9. The number of nitrogens with zero attached hydrogens (tertiary/aromatic N) is 1. The predicted molar refractivity (Wildman–Crippen MR) is 105 cm³/mol. The summed E-state index contributed by atoms with van der Waals surface area (Å²) in [7, 11) is -2.07. The largest absolute Gasteiger partial charge is 0.493 e. The first-order valence-electron chi connectivity index (χ1n) is 8.42. The van der Waals surface area contributed by atoms with Gasteiger partial charge in [0.15, 0.2) is 11.5 Å². The van der Waals surface area contributed by atoms with E-state index in [1.165, 1.54) is 0 Å². The molecule has 2 aromatic carbocycles. The van der Waals surface area contributed by atoms with Crippen LogP contribution in [0.2, 0.25) is 0 Å². The Bertz CT molecular complexity index is 855. The molecule has 0 unspecified atom stereocenters. The molecule has 0 saturated heterocycles. The number of ether oxygens (including phenoxy) is 2. The van der Waals surface area contributed by atoms with Gasteiger partial charge in [-0.15, -0.1) is 0 Å². The molecule has 0 aliphatic carbocycles. The topological polar surface area (TPSA) is 84.9 Å². The summed E-state index contributed by atoms with van der Waals surface area (Å²) in [4.78, 5) is 12.4. The van der Waals surface area contributed by atoms with Gasteiger partial charge in [0, 0.05) is 0 Å². The van der Waals surface area contributed by atoms with Crippen LogP contribution in [0.4, 0.5) is 5.69 Å². The summed E-state index contributed by atoms with van der Waals surface area (Å²) in [6.07, 6.45) is 1.08. The number of rotatable bonds is 9. The van der Waals surface area contributed by atoms with Crippen LogP contribution in [0.3, 0.4) is 0 Å². The number of hydrogen-bond acceptors (Lipinski definition) is 5. The molecule has 1 N–H and O–H groups in total. The van der Waals surface area contributed by atoms with Crippen LogP contribution in [0, 0.1) is 0 Å². The highest BCUT2D eigenvalue weighted by Gasteiger charge is 2.28. The number of amides is 1. The maximum absolute atomic E-state index is 12.4. The van der Waals surface area contributed by atoms with Crippen molar-refractivity contribution in [2.75, 3.05) is 30.8 Å². The molecule has 0 radical (unpaired) electrons. The Morgan fingerprint density at radius 2 is 1.67 bits per heavy atom. The number of nitrogens with one attached hydrogen (secondary N) is 1. The molecule has 7 nitrogen and oxygen atoms in total. The van der Waals surface area contributed by atoms with E-state index in [0.29, 0.717) is 17.2 Å². The van der Waals surface area contributed by atoms with Crippen LogP contribution in [0.5, 0.6) is 11.5 Å². The lowest BCUT2D eigenvalue weighted by atomic mass is 10.2. The molecule has 0 aliphatic heterocycles. The normalized spacial score (nSPS) is 12.1. The molecule has 8 heteroatoms. The lowest BCUT2D eigenvalue weighted by Gasteiger charge is -2.28. The van der Waals surface area contributed by atoms with Gasteiger partial charge in [-0.3, -0.25) is 9.10 Å². The Morgan fingerprint density at radius 3 is 2.26 bits per heavy atom. The average Bonchev–Trinajstić information content (AvgIpc) is 2.65. The lowest BCUT2D eigenvalue weighted by molar-refractivity contribution is -0.121. The fourth-order valence-corrected chi connectivity index (χ4v) is 3.78. The molecule has 0 spiro atoms. The van der Waals surface area contributed by atoms with Crippen molar-refractivity contribution in [3.63, 3.8) is 0 Å². The van der Waals surface area contributed by atoms with E-state index < -0.39 is 22.0 Å². The van der Waals surface area contributed by atoms with Crippen LogP contribution in [-0.2, 0) is 14.8 Å².